The third-order valence-corrected chi connectivity index (χ3v) is 6.68. The highest BCUT2D eigenvalue weighted by atomic mass is 32.1. The molecule has 0 spiro atoms. The van der Waals surface area contributed by atoms with Gasteiger partial charge >= 0.3 is 0 Å². The van der Waals surface area contributed by atoms with Crippen molar-refractivity contribution in [2.24, 2.45) is 0 Å². The van der Waals surface area contributed by atoms with Crippen LogP contribution in [-0.4, -0.2) is 55.0 Å². The molecule has 1 unspecified atom stereocenters. The Morgan fingerprint density at radius 3 is 2.58 bits per heavy atom. The molecule has 3 heterocycles. The molecule has 1 saturated heterocycles. The van der Waals surface area contributed by atoms with Gasteiger partial charge in [0.05, 0.1) is 6.54 Å². The first-order valence-corrected chi connectivity index (χ1v) is 10.5. The average molecular weight is 370 g/mol. The zero-order valence-corrected chi connectivity index (χ0v) is 16.3. The minimum atomic E-state index is 0.287. The first-order chi connectivity index (χ1) is 12.8. The van der Waals surface area contributed by atoms with Crippen LogP contribution in [0.15, 0.2) is 41.8 Å². The summed E-state index contributed by atoms with van der Waals surface area (Å²) < 4.78 is 0. The van der Waals surface area contributed by atoms with Gasteiger partial charge in [0.1, 0.15) is 0 Å². The fourth-order valence-corrected chi connectivity index (χ4v) is 5.17. The van der Waals surface area contributed by atoms with Gasteiger partial charge in [-0.3, -0.25) is 9.69 Å². The van der Waals surface area contributed by atoms with Gasteiger partial charge < -0.3 is 9.80 Å². The van der Waals surface area contributed by atoms with Crippen molar-refractivity contribution in [3.8, 4) is 0 Å². The maximum Gasteiger partial charge on any atom is 0.236 e. The van der Waals surface area contributed by atoms with Gasteiger partial charge in [-0.05, 0) is 42.0 Å². The van der Waals surface area contributed by atoms with Crippen molar-refractivity contribution in [2.75, 3.05) is 44.2 Å². The normalized spacial score (nSPS) is 20.9. The third kappa shape index (κ3) is 3.51. The summed E-state index contributed by atoms with van der Waals surface area (Å²) in [6.07, 6.45) is 2.15. The molecule has 138 valence electrons. The Morgan fingerprint density at radius 1 is 1.08 bits per heavy atom. The molecule has 2 aliphatic rings. The van der Waals surface area contributed by atoms with E-state index in [-0.39, 0.29) is 5.91 Å². The van der Waals surface area contributed by atoms with Crippen LogP contribution < -0.4 is 4.90 Å². The van der Waals surface area contributed by atoms with E-state index in [9.17, 15) is 4.79 Å². The van der Waals surface area contributed by atoms with Gasteiger partial charge in [-0.1, -0.05) is 25.1 Å². The molecule has 2 aromatic rings. The molecule has 0 bridgehead atoms. The van der Waals surface area contributed by atoms with Crippen molar-refractivity contribution in [1.29, 1.82) is 0 Å². The molecule has 5 heteroatoms. The molecule has 4 nitrogen and oxygen atoms in total. The first-order valence-electron chi connectivity index (χ1n) is 9.64. The number of benzene rings is 1. The Labute approximate surface area is 160 Å². The standard InChI is InChI=1S/C21H27N3OS/c1-2-19-18-9-15-26-20(18)8-10-24(19)16-21(25)23-13-11-22(12-14-23)17-6-4-3-5-7-17/h3-7,9,15,19H,2,8,10-14,16H2,1H3. The molecule has 0 N–H and O–H groups in total. The van der Waals surface area contributed by atoms with Crippen LogP contribution in [0.1, 0.15) is 29.8 Å². The molecule has 2 aliphatic heterocycles. The fourth-order valence-electron chi connectivity index (χ4n) is 4.24. The monoisotopic (exact) mass is 369 g/mol. The lowest BCUT2D eigenvalue weighted by Crippen LogP contribution is -2.52. The van der Waals surface area contributed by atoms with Crippen molar-refractivity contribution in [3.63, 3.8) is 0 Å². The summed E-state index contributed by atoms with van der Waals surface area (Å²) in [7, 11) is 0. The summed E-state index contributed by atoms with van der Waals surface area (Å²) in [6.45, 7) is 7.27. The number of hydrogen-bond acceptors (Lipinski definition) is 4. The van der Waals surface area contributed by atoms with Crippen LogP contribution in [-0.2, 0) is 11.2 Å². The van der Waals surface area contributed by atoms with Gasteiger partial charge in [0, 0.05) is 49.3 Å². The van der Waals surface area contributed by atoms with E-state index in [0.717, 1.165) is 45.6 Å². The third-order valence-electron chi connectivity index (χ3n) is 5.68. The topological polar surface area (TPSA) is 26.8 Å². The Hall–Kier alpha value is -1.85. The SMILES string of the molecule is CCC1c2ccsc2CCN1CC(=O)N1CCN(c2ccccc2)CC1. The fraction of sp³-hybridized carbons (Fsp3) is 0.476. The van der Waals surface area contributed by atoms with Gasteiger partial charge in [-0.15, -0.1) is 11.3 Å². The molecular weight excluding hydrogens is 342 g/mol. The van der Waals surface area contributed by atoms with Crippen LogP contribution in [0.4, 0.5) is 5.69 Å². The van der Waals surface area contributed by atoms with Gasteiger partial charge in [0.2, 0.25) is 5.91 Å². The van der Waals surface area contributed by atoms with Gasteiger partial charge in [-0.2, -0.15) is 0 Å². The Kier molecular flexibility index (Phi) is 5.27. The highest BCUT2D eigenvalue weighted by Gasteiger charge is 2.30. The van der Waals surface area contributed by atoms with Gasteiger partial charge in [0.15, 0.2) is 0 Å². The number of thiophene rings is 1. The summed E-state index contributed by atoms with van der Waals surface area (Å²) in [6, 6.07) is 13.2. The minimum Gasteiger partial charge on any atom is -0.368 e. The first kappa shape index (κ1) is 17.6. The molecule has 1 amide bonds. The molecule has 0 aliphatic carbocycles. The number of para-hydroxylation sites is 1. The predicted molar refractivity (Wildman–Crippen MR) is 108 cm³/mol. The number of hydrogen-bond donors (Lipinski definition) is 0. The number of rotatable bonds is 4. The molecule has 1 aromatic carbocycles. The van der Waals surface area contributed by atoms with Crippen molar-refractivity contribution in [3.05, 3.63) is 52.2 Å². The second-order valence-corrected chi connectivity index (χ2v) is 8.15. The Bertz CT molecular complexity index is 737. The second-order valence-electron chi connectivity index (χ2n) is 7.15. The van der Waals surface area contributed by atoms with Crippen LogP contribution in [0.2, 0.25) is 0 Å². The summed E-state index contributed by atoms with van der Waals surface area (Å²) in [5.74, 6) is 0.287. The van der Waals surface area contributed by atoms with Crippen molar-refractivity contribution in [2.45, 2.75) is 25.8 Å². The van der Waals surface area contributed by atoms with E-state index < -0.39 is 0 Å². The number of fused-ring (bicyclic) bond motifs is 1. The van der Waals surface area contributed by atoms with Crippen molar-refractivity contribution >= 4 is 22.9 Å². The van der Waals surface area contributed by atoms with Gasteiger partial charge in [-0.25, -0.2) is 0 Å². The molecule has 0 saturated carbocycles. The van der Waals surface area contributed by atoms with Gasteiger partial charge in [0.25, 0.3) is 0 Å². The highest BCUT2D eigenvalue weighted by Crippen LogP contribution is 2.35. The van der Waals surface area contributed by atoms with Crippen LogP contribution in [0.25, 0.3) is 0 Å². The van der Waals surface area contributed by atoms with Crippen LogP contribution in [0.3, 0.4) is 0 Å². The van der Waals surface area contributed by atoms with Crippen molar-refractivity contribution in [1.82, 2.24) is 9.80 Å². The van der Waals surface area contributed by atoms with E-state index in [2.05, 4.69) is 57.3 Å². The van der Waals surface area contributed by atoms with E-state index >= 15 is 0 Å². The number of piperazine rings is 1. The smallest absolute Gasteiger partial charge is 0.236 e. The lowest BCUT2D eigenvalue weighted by Gasteiger charge is -2.39. The number of nitrogens with zero attached hydrogens (tertiary/aromatic N) is 3. The number of amides is 1. The second kappa shape index (κ2) is 7.80. The number of carbonyl (C=O) groups excluding carboxylic acids is 1. The quantitative estimate of drug-likeness (QED) is 0.826. The molecular formula is C21H27N3OS. The van der Waals surface area contributed by atoms with Crippen LogP contribution in [0, 0.1) is 0 Å². The van der Waals surface area contributed by atoms with E-state index in [1.165, 1.54) is 16.1 Å². The number of carbonyl (C=O) groups is 1. The summed E-state index contributed by atoms with van der Waals surface area (Å²) in [5.41, 5.74) is 2.71. The summed E-state index contributed by atoms with van der Waals surface area (Å²) >= 11 is 1.86. The average Bonchev–Trinajstić information content (AvgIpc) is 3.17. The predicted octanol–water partition coefficient (Wildman–Crippen LogP) is 3.41. The largest absolute Gasteiger partial charge is 0.368 e. The molecule has 1 aromatic heterocycles. The number of anilines is 1. The maximum absolute atomic E-state index is 12.9. The molecule has 1 atom stereocenters. The van der Waals surface area contributed by atoms with Crippen molar-refractivity contribution < 1.29 is 4.79 Å². The van der Waals surface area contributed by atoms with E-state index in [0.29, 0.717) is 12.6 Å². The Balaban J connectivity index is 1.34. The summed E-state index contributed by atoms with van der Waals surface area (Å²) in [5, 5.41) is 2.20. The minimum absolute atomic E-state index is 0.287. The van der Waals surface area contributed by atoms with E-state index in [1.807, 2.05) is 17.4 Å². The highest BCUT2D eigenvalue weighted by molar-refractivity contribution is 7.10. The van der Waals surface area contributed by atoms with E-state index in [4.69, 9.17) is 0 Å². The van der Waals surface area contributed by atoms with Crippen LogP contribution in [0.5, 0.6) is 0 Å². The summed E-state index contributed by atoms with van der Waals surface area (Å²) in [4.78, 5) is 21.2. The zero-order chi connectivity index (χ0) is 17.9. The maximum atomic E-state index is 12.9. The lowest BCUT2D eigenvalue weighted by atomic mass is 9.98. The molecule has 1 fully saturated rings. The van der Waals surface area contributed by atoms with E-state index in [1.54, 1.807) is 0 Å². The lowest BCUT2D eigenvalue weighted by molar-refractivity contribution is -0.133. The molecule has 4 rings (SSSR count). The zero-order valence-electron chi connectivity index (χ0n) is 15.4. The molecule has 26 heavy (non-hydrogen) atoms. The Morgan fingerprint density at radius 2 is 1.85 bits per heavy atom. The van der Waals surface area contributed by atoms with Crippen LogP contribution >= 0.6 is 11.3 Å². The molecule has 0 radical (unpaired) electrons.